The molecule has 0 N–H and O–H groups in total. The molecule has 0 amide bonds. The van der Waals surface area contributed by atoms with Crippen LogP contribution in [-0.4, -0.2) is 36.6 Å². The summed E-state index contributed by atoms with van der Waals surface area (Å²) in [5, 5.41) is 0. The lowest BCUT2D eigenvalue weighted by molar-refractivity contribution is 0.0762. The lowest BCUT2D eigenvalue weighted by Gasteiger charge is -2.53. The van der Waals surface area contributed by atoms with Crippen LogP contribution in [0, 0.1) is 17.3 Å². The first-order valence-electron chi connectivity index (χ1n) is 9.36. The van der Waals surface area contributed by atoms with Crippen molar-refractivity contribution >= 4 is 5.69 Å². The molecule has 0 aromatic heterocycles. The Hall–Kier alpha value is -1.28. The number of fused-ring (bicyclic) bond motifs is 1. The molecule has 5 aliphatic rings. The summed E-state index contributed by atoms with van der Waals surface area (Å²) in [5.41, 5.74) is 4.23. The molecule has 3 heterocycles. The molecule has 2 heteroatoms. The molecule has 120 valence electrons. The van der Waals surface area contributed by atoms with Crippen molar-refractivity contribution in [2.24, 2.45) is 17.3 Å². The SMILES string of the molecule is C[C@@H]1C[C@@]23C=CCN4CC[C@@]5(c6ccccc6N(C)[C@]15[C@@H]2C)[C@@H]43. The van der Waals surface area contributed by atoms with Crippen LogP contribution >= 0.6 is 0 Å². The average molecular weight is 306 g/mol. The van der Waals surface area contributed by atoms with E-state index >= 15 is 0 Å². The quantitative estimate of drug-likeness (QED) is 0.678. The van der Waals surface area contributed by atoms with Crippen LogP contribution in [0.2, 0.25) is 0 Å². The maximum atomic E-state index is 2.82. The van der Waals surface area contributed by atoms with Crippen LogP contribution in [-0.2, 0) is 5.41 Å². The summed E-state index contributed by atoms with van der Waals surface area (Å²) in [5.74, 6) is 1.49. The Morgan fingerprint density at radius 3 is 2.87 bits per heavy atom. The minimum absolute atomic E-state index is 0.310. The van der Waals surface area contributed by atoms with Crippen molar-refractivity contribution in [2.75, 3.05) is 25.0 Å². The molecule has 6 rings (SSSR count). The van der Waals surface area contributed by atoms with E-state index in [0.29, 0.717) is 16.4 Å². The van der Waals surface area contributed by atoms with Crippen LogP contribution < -0.4 is 4.90 Å². The number of rotatable bonds is 0. The molecule has 1 aromatic carbocycles. The largest absolute Gasteiger partial charge is 0.367 e. The van der Waals surface area contributed by atoms with E-state index in [-0.39, 0.29) is 0 Å². The lowest BCUT2D eigenvalue weighted by atomic mass is 9.57. The average Bonchev–Trinajstić information content (AvgIpc) is 3.18. The van der Waals surface area contributed by atoms with Crippen LogP contribution in [0.3, 0.4) is 0 Å². The molecule has 0 unspecified atom stereocenters. The summed E-state index contributed by atoms with van der Waals surface area (Å²) in [6.07, 6.45) is 7.83. The van der Waals surface area contributed by atoms with Crippen LogP contribution in [0.15, 0.2) is 36.4 Å². The van der Waals surface area contributed by atoms with Gasteiger partial charge in [0.2, 0.25) is 0 Å². The van der Waals surface area contributed by atoms with Gasteiger partial charge in [-0.05, 0) is 42.9 Å². The molecule has 3 aliphatic heterocycles. The molecule has 2 bridgehead atoms. The van der Waals surface area contributed by atoms with Crippen molar-refractivity contribution in [3.05, 3.63) is 42.0 Å². The molecule has 3 spiro atoms. The van der Waals surface area contributed by atoms with Gasteiger partial charge >= 0.3 is 0 Å². The summed E-state index contributed by atoms with van der Waals surface area (Å²) in [6.45, 7) is 7.55. The molecule has 2 aliphatic carbocycles. The van der Waals surface area contributed by atoms with E-state index in [9.17, 15) is 0 Å². The van der Waals surface area contributed by atoms with E-state index < -0.39 is 0 Å². The van der Waals surface area contributed by atoms with Gasteiger partial charge in [-0.15, -0.1) is 0 Å². The molecule has 0 radical (unpaired) electrons. The van der Waals surface area contributed by atoms with E-state index in [4.69, 9.17) is 0 Å². The molecule has 23 heavy (non-hydrogen) atoms. The highest BCUT2D eigenvalue weighted by Gasteiger charge is 2.85. The Morgan fingerprint density at radius 1 is 1.17 bits per heavy atom. The van der Waals surface area contributed by atoms with Crippen molar-refractivity contribution in [2.45, 2.75) is 43.7 Å². The number of anilines is 1. The van der Waals surface area contributed by atoms with Gasteiger partial charge in [-0.2, -0.15) is 0 Å². The van der Waals surface area contributed by atoms with E-state index in [1.165, 1.54) is 25.1 Å². The zero-order chi connectivity index (χ0) is 15.6. The molecule has 3 fully saturated rings. The maximum absolute atomic E-state index is 2.82. The smallest absolute Gasteiger partial charge is 0.0572 e. The Morgan fingerprint density at radius 2 is 2.00 bits per heavy atom. The standard InChI is InChI=1S/C21H26N2/c1-14-13-19-9-6-11-23-12-10-20(18(19)23)16-7-4-5-8-17(16)22(3)21(14,20)15(19)2/h4-9,14-15,18H,10-13H2,1-3H3/t14-,15-,18+,19+,20-,21+/m1/s1. The number of para-hydroxylation sites is 1. The van der Waals surface area contributed by atoms with Gasteiger partial charge in [-0.25, -0.2) is 0 Å². The molecule has 2 saturated carbocycles. The Labute approximate surface area is 139 Å². The van der Waals surface area contributed by atoms with Gasteiger partial charge < -0.3 is 4.90 Å². The zero-order valence-corrected chi connectivity index (χ0v) is 14.4. The number of hydrogen-bond acceptors (Lipinski definition) is 2. The van der Waals surface area contributed by atoms with Gasteiger partial charge in [0.15, 0.2) is 0 Å². The molecular weight excluding hydrogens is 280 g/mol. The third-order valence-corrected chi connectivity index (χ3v) is 8.80. The highest BCUT2D eigenvalue weighted by Crippen LogP contribution is 2.80. The van der Waals surface area contributed by atoms with Crippen LogP contribution in [0.4, 0.5) is 5.69 Å². The molecule has 6 atom stereocenters. The number of benzene rings is 1. The Kier molecular flexibility index (Phi) is 2.01. The van der Waals surface area contributed by atoms with Crippen molar-refractivity contribution in [3.63, 3.8) is 0 Å². The monoisotopic (exact) mass is 306 g/mol. The van der Waals surface area contributed by atoms with E-state index in [2.05, 4.69) is 67.1 Å². The van der Waals surface area contributed by atoms with Gasteiger partial charge in [0.1, 0.15) is 0 Å². The second-order valence-electron chi connectivity index (χ2n) is 8.86. The van der Waals surface area contributed by atoms with Gasteiger partial charge in [0.05, 0.1) is 5.54 Å². The first kappa shape index (κ1) is 13.1. The second kappa shape index (κ2) is 3.54. The van der Waals surface area contributed by atoms with Crippen molar-refractivity contribution in [1.29, 1.82) is 0 Å². The first-order chi connectivity index (χ1) is 11.1. The van der Waals surface area contributed by atoms with Gasteiger partial charge in [0, 0.05) is 36.2 Å². The topological polar surface area (TPSA) is 6.48 Å². The summed E-state index contributed by atoms with van der Waals surface area (Å²) < 4.78 is 0. The summed E-state index contributed by atoms with van der Waals surface area (Å²) in [7, 11) is 2.39. The van der Waals surface area contributed by atoms with Crippen molar-refractivity contribution in [3.8, 4) is 0 Å². The predicted molar refractivity (Wildman–Crippen MR) is 93.8 cm³/mol. The van der Waals surface area contributed by atoms with Gasteiger partial charge in [-0.1, -0.05) is 44.2 Å². The van der Waals surface area contributed by atoms with Gasteiger partial charge in [0.25, 0.3) is 0 Å². The van der Waals surface area contributed by atoms with Crippen molar-refractivity contribution in [1.82, 2.24) is 4.90 Å². The fraction of sp³-hybridized carbons (Fsp3) is 0.619. The summed E-state index contributed by atoms with van der Waals surface area (Å²) in [4.78, 5) is 5.54. The number of likely N-dealkylation sites (N-methyl/N-ethyl adjacent to an activating group) is 1. The zero-order valence-electron chi connectivity index (χ0n) is 14.4. The fourth-order valence-electron chi connectivity index (χ4n) is 8.66. The third-order valence-electron chi connectivity index (χ3n) is 8.80. The lowest BCUT2D eigenvalue weighted by Crippen LogP contribution is -2.63. The van der Waals surface area contributed by atoms with Crippen molar-refractivity contribution < 1.29 is 0 Å². The van der Waals surface area contributed by atoms with Gasteiger partial charge in [-0.3, -0.25) is 4.90 Å². The van der Waals surface area contributed by atoms with Crippen LogP contribution in [0.1, 0.15) is 32.3 Å². The van der Waals surface area contributed by atoms with Crippen LogP contribution in [0.5, 0.6) is 0 Å². The first-order valence-corrected chi connectivity index (χ1v) is 9.36. The van der Waals surface area contributed by atoms with E-state index in [0.717, 1.165) is 24.4 Å². The van der Waals surface area contributed by atoms with Crippen LogP contribution in [0.25, 0.3) is 0 Å². The highest BCUT2D eigenvalue weighted by atomic mass is 15.3. The number of hydrogen-bond donors (Lipinski definition) is 0. The Bertz CT molecular complexity index is 754. The molecule has 2 nitrogen and oxygen atoms in total. The molecule has 1 aromatic rings. The maximum Gasteiger partial charge on any atom is 0.0572 e. The normalized spacial score (nSPS) is 52.0. The summed E-state index contributed by atoms with van der Waals surface area (Å²) in [6, 6.07) is 10.1. The van der Waals surface area contributed by atoms with E-state index in [1.807, 2.05) is 0 Å². The fourth-order valence-corrected chi connectivity index (χ4v) is 8.66. The molecular formula is C21H26N2. The minimum atomic E-state index is 0.310. The third kappa shape index (κ3) is 0.966. The highest BCUT2D eigenvalue weighted by molar-refractivity contribution is 5.72. The predicted octanol–water partition coefficient (Wildman–Crippen LogP) is 3.43. The van der Waals surface area contributed by atoms with E-state index in [1.54, 1.807) is 5.56 Å². The number of nitrogens with zero attached hydrogens (tertiary/aromatic N) is 2. The minimum Gasteiger partial charge on any atom is -0.367 e. The molecule has 1 saturated heterocycles. The summed E-state index contributed by atoms with van der Waals surface area (Å²) >= 11 is 0. The second-order valence-corrected chi connectivity index (χ2v) is 8.86. The Balaban J connectivity index is 1.76.